The summed E-state index contributed by atoms with van der Waals surface area (Å²) in [5.41, 5.74) is 5.52. The van der Waals surface area contributed by atoms with E-state index in [1.165, 1.54) is 43.9 Å². The highest BCUT2D eigenvalue weighted by atomic mass is 16.6. The summed E-state index contributed by atoms with van der Waals surface area (Å²) in [6.07, 6.45) is 6.83. The fourth-order valence-corrected chi connectivity index (χ4v) is 2.11. The van der Waals surface area contributed by atoms with Crippen LogP contribution in [0.4, 0.5) is 11.4 Å². The topological polar surface area (TPSA) is 98.3 Å². The van der Waals surface area contributed by atoms with Gasteiger partial charge in [-0.05, 0) is 12.5 Å². The Morgan fingerprint density at radius 1 is 1.24 bits per heavy atom. The molecule has 0 atom stereocenters. The van der Waals surface area contributed by atoms with Crippen LogP contribution in [0.2, 0.25) is 0 Å². The van der Waals surface area contributed by atoms with Crippen molar-refractivity contribution in [3.63, 3.8) is 0 Å². The maximum atomic E-state index is 12.0. The molecule has 1 rings (SSSR count). The largest absolute Gasteiger partial charge is 0.393 e. The van der Waals surface area contributed by atoms with Crippen molar-refractivity contribution in [2.75, 3.05) is 12.3 Å². The molecule has 0 fully saturated rings. The number of benzene rings is 1. The molecule has 0 spiro atoms. The Bertz CT molecular complexity index is 489. The fraction of sp³-hybridized carbons (Fsp3) is 0.533. The van der Waals surface area contributed by atoms with Gasteiger partial charge in [0.05, 0.1) is 10.5 Å². The normalized spacial score (nSPS) is 10.3. The first kappa shape index (κ1) is 16.9. The summed E-state index contributed by atoms with van der Waals surface area (Å²) in [7, 11) is 0. The molecule has 0 bridgehead atoms. The molecule has 0 unspecified atom stereocenters. The summed E-state index contributed by atoms with van der Waals surface area (Å²) in [4.78, 5) is 22.2. The lowest BCUT2D eigenvalue weighted by Crippen LogP contribution is -2.25. The number of hydrogen-bond acceptors (Lipinski definition) is 4. The zero-order valence-corrected chi connectivity index (χ0v) is 12.4. The van der Waals surface area contributed by atoms with Gasteiger partial charge in [0.15, 0.2) is 0 Å². The number of hydrogen-bond donors (Lipinski definition) is 2. The zero-order valence-electron chi connectivity index (χ0n) is 12.4. The molecule has 0 aliphatic carbocycles. The number of anilines is 1. The number of carbonyl (C=O) groups excluding carboxylic acids is 1. The predicted octanol–water partition coefficient (Wildman–Crippen LogP) is 3.27. The molecule has 1 amide bonds. The van der Waals surface area contributed by atoms with Crippen LogP contribution in [0.3, 0.4) is 0 Å². The monoisotopic (exact) mass is 293 g/mol. The first-order valence-corrected chi connectivity index (χ1v) is 7.39. The van der Waals surface area contributed by atoms with Gasteiger partial charge in [-0.2, -0.15) is 0 Å². The van der Waals surface area contributed by atoms with Crippen LogP contribution in [-0.4, -0.2) is 17.4 Å². The predicted molar refractivity (Wildman–Crippen MR) is 83.2 cm³/mol. The molecular formula is C15H23N3O3. The highest BCUT2D eigenvalue weighted by Crippen LogP contribution is 2.24. The summed E-state index contributed by atoms with van der Waals surface area (Å²) >= 11 is 0. The molecule has 0 radical (unpaired) electrons. The molecule has 6 nitrogen and oxygen atoms in total. The number of nitrogen functional groups attached to an aromatic ring is 1. The smallest absolute Gasteiger partial charge is 0.292 e. The van der Waals surface area contributed by atoms with E-state index in [0.29, 0.717) is 6.54 Å². The molecule has 1 aromatic rings. The number of nitrogens with zero attached hydrogens (tertiary/aromatic N) is 1. The molecule has 0 heterocycles. The quantitative estimate of drug-likeness (QED) is 0.316. The third-order valence-electron chi connectivity index (χ3n) is 3.34. The van der Waals surface area contributed by atoms with Crippen LogP contribution < -0.4 is 11.1 Å². The van der Waals surface area contributed by atoms with E-state index >= 15 is 0 Å². The van der Waals surface area contributed by atoms with Crippen molar-refractivity contribution in [1.82, 2.24) is 5.32 Å². The molecule has 1 aromatic carbocycles. The minimum Gasteiger partial charge on any atom is -0.393 e. The maximum Gasteiger partial charge on any atom is 0.292 e. The van der Waals surface area contributed by atoms with Crippen LogP contribution in [-0.2, 0) is 0 Å². The van der Waals surface area contributed by atoms with Gasteiger partial charge >= 0.3 is 0 Å². The van der Waals surface area contributed by atoms with Crippen LogP contribution >= 0.6 is 0 Å². The number of nitro benzene ring substituents is 1. The van der Waals surface area contributed by atoms with E-state index in [9.17, 15) is 14.9 Å². The second kappa shape index (κ2) is 8.94. The molecule has 6 heteroatoms. The first-order valence-electron chi connectivity index (χ1n) is 7.39. The number of nitrogens with one attached hydrogen (secondary N) is 1. The summed E-state index contributed by atoms with van der Waals surface area (Å²) in [6.45, 7) is 2.73. The van der Waals surface area contributed by atoms with E-state index in [1.54, 1.807) is 0 Å². The van der Waals surface area contributed by atoms with Gasteiger partial charge < -0.3 is 11.1 Å². The highest BCUT2D eigenvalue weighted by molar-refractivity contribution is 6.00. The molecule has 3 N–H and O–H groups in total. The van der Waals surface area contributed by atoms with Crippen molar-refractivity contribution in [1.29, 1.82) is 0 Å². The Balaban J connectivity index is 2.42. The summed E-state index contributed by atoms with van der Waals surface area (Å²) in [5.74, 6) is -0.357. The first-order chi connectivity index (χ1) is 10.1. The van der Waals surface area contributed by atoms with Crippen LogP contribution in [0.5, 0.6) is 0 Å². The third kappa shape index (κ3) is 5.41. The summed E-state index contributed by atoms with van der Waals surface area (Å²) in [5, 5.41) is 13.5. The van der Waals surface area contributed by atoms with E-state index < -0.39 is 4.92 Å². The number of nitrogens with two attached hydrogens (primary N) is 1. The number of para-hydroxylation sites is 1. The molecule has 116 valence electrons. The van der Waals surface area contributed by atoms with Crippen LogP contribution in [0.15, 0.2) is 18.2 Å². The molecule has 21 heavy (non-hydrogen) atoms. The van der Waals surface area contributed by atoms with Crippen molar-refractivity contribution in [2.24, 2.45) is 0 Å². The van der Waals surface area contributed by atoms with Crippen LogP contribution in [0, 0.1) is 10.1 Å². The molecule has 0 saturated heterocycles. The number of unbranched alkanes of at least 4 members (excludes halogenated alkanes) is 5. The lowest BCUT2D eigenvalue weighted by Gasteiger charge is -2.07. The van der Waals surface area contributed by atoms with Crippen molar-refractivity contribution in [2.45, 2.75) is 45.4 Å². The average Bonchev–Trinajstić information content (AvgIpc) is 2.46. The van der Waals surface area contributed by atoms with Crippen molar-refractivity contribution < 1.29 is 9.72 Å². The Labute approximate surface area is 124 Å². The van der Waals surface area contributed by atoms with Gasteiger partial charge in [-0.15, -0.1) is 0 Å². The number of carbonyl (C=O) groups is 1. The Morgan fingerprint density at radius 2 is 1.90 bits per heavy atom. The number of nitro groups is 1. The van der Waals surface area contributed by atoms with Crippen molar-refractivity contribution in [3.05, 3.63) is 33.9 Å². The fourth-order valence-electron chi connectivity index (χ4n) is 2.11. The van der Waals surface area contributed by atoms with Gasteiger partial charge in [0.25, 0.3) is 11.6 Å². The van der Waals surface area contributed by atoms with Crippen molar-refractivity contribution >= 4 is 17.3 Å². The van der Waals surface area contributed by atoms with Gasteiger partial charge in [0.1, 0.15) is 5.69 Å². The van der Waals surface area contributed by atoms with Crippen molar-refractivity contribution in [3.8, 4) is 0 Å². The van der Waals surface area contributed by atoms with E-state index in [4.69, 9.17) is 5.73 Å². The molecular weight excluding hydrogens is 270 g/mol. The van der Waals surface area contributed by atoms with Crippen LogP contribution in [0.25, 0.3) is 0 Å². The Kier molecular flexibility index (Phi) is 7.21. The maximum absolute atomic E-state index is 12.0. The average molecular weight is 293 g/mol. The molecule has 0 aliphatic rings. The lowest BCUT2D eigenvalue weighted by molar-refractivity contribution is -0.383. The standard InChI is InChI=1S/C15H23N3O3/c1-2-3-4-5-6-7-11-17-15(19)12-9-8-10-13(14(12)16)18(20)21/h8-10H,2-7,11,16H2,1H3,(H,17,19). The van der Waals surface area contributed by atoms with Crippen LogP contribution in [0.1, 0.15) is 55.8 Å². The van der Waals surface area contributed by atoms with Gasteiger partial charge in [-0.1, -0.05) is 45.1 Å². The Hall–Kier alpha value is -2.11. The van der Waals surface area contributed by atoms with E-state index in [2.05, 4.69) is 12.2 Å². The molecule has 0 aromatic heterocycles. The lowest BCUT2D eigenvalue weighted by atomic mass is 10.1. The number of rotatable bonds is 9. The highest BCUT2D eigenvalue weighted by Gasteiger charge is 2.18. The van der Waals surface area contributed by atoms with Gasteiger partial charge in [-0.25, -0.2) is 0 Å². The van der Waals surface area contributed by atoms with Gasteiger partial charge in [0, 0.05) is 12.6 Å². The minimum absolute atomic E-state index is 0.0806. The SMILES string of the molecule is CCCCCCCCNC(=O)c1cccc([N+](=O)[O-])c1N. The molecule has 0 saturated carbocycles. The van der Waals surface area contributed by atoms with E-state index in [0.717, 1.165) is 12.8 Å². The second-order valence-corrected chi connectivity index (χ2v) is 5.02. The summed E-state index contributed by atoms with van der Waals surface area (Å²) in [6, 6.07) is 4.26. The van der Waals surface area contributed by atoms with Gasteiger partial charge in [-0.3, -0.25) is 14.9 Å². The number of amides is 1. The Morgan fingerprint density at radius 3 is 2.57 bits per heavy atom. The van der Waals surface area contributed by atoms with E-state index in [-0.39, 0.29) is 22.8 Å². The zero-order chi connectivity index (χ0) is 15.7. The molecule has 0 aliphatic heterocycles. The second-order valence-electron chi connectivity index (χ2n) is 5.02. The van der Waals surface area contributed by atoms with E-state index in [1.807, 2.05) is 0 Å². The van der Waals surface area contributed by atoms with Gasteiger partial charge in [0.2, 0.25) is 0 Å². The minimum atomic E-state index is -0.583. The summed E-state index contributed by atoms with van der Waals surface area (Å²) < 4.78 is 0. The third-order valence-corrected chi connectivity index (χ3v) is 3.34.